The van der Waals surface area contributed by atoms with Crippen LogP contribution in [0.15, 0.2) is 43.0 Å². The zero-order valence-electron chi connectivity index (χ0n) is 20.1. The fourth-order valence-electron chi connectivity index (χ4n) is 4.75. The molecular formula is C25H24F3N5O5. The molecule has 0 spiro atoms. The van der Waals surface area contributed by atoms with Crippen LogP contribution in [0.3, 0.4) is 0 Å². The van der Waals surface area contributed by atoms with Crippen LogP contribution in [0.2, 0.25) is 0 Å². The van der Waals surface area contributed by atoms with Crippen LogP contribution < -0.4 is 14.4 Å². The average molecular weight is 531 g/mol. The van der Waals surface area contributed by atoms with E-state index < -0.39 is 23.7 Å². The maximum atomic E-state index is 13.1. The van der Waals surface area contributed by atoms with Gasteiger partial charge in [0.25, 0.3) is 5.91 Å². The van der Waals surface area contributed by atoms with E-state index in [1.54, 1.807) is 18.2 Å². The summed E-state index contributed by atoms with van der Waals surface area (Å²) in [5.74, 6) is 0.508. The van der Waals surface area contributed by atoms with Gasteiger partial charge < -0.3 is 14.6 Å². The van der Waals surface area contributed by atoms with Gasteiger partial charge in [0, 0.05) is 18.3 Å². The first-order valence-corrected chi connectivity index (χ1v) is 12.1. The van der Waals surface area contributed by atoms with Crippen LogP contribution in [0, 0.1) is 0 Å². The number of aliphatic hydroxyl groups excluding tert-OH is 1. The van der Waals surface area contributed by atoms with E-state index in [0.717, 1.165) is 22.1 Å². The van der Waals surface area contributed by atoms with E-state index in [-0.39, 0.29) is 37.6 Å². The molecule has 2 aliphatic rings. The average Bonchev–Trinajstić information content (AvgIpc) is 3.21. The number of rotatable bonds is 7. The molecule has 1 aliphatic carbocycles. The second-order valence-electron chi connectivity index (χ2n) is 9.04. The number of hydrogen-bond acceptors (Lipinski definition) is 8. The molecule has 0 bridgehead atoms. The van der Waals surface area contributed by atoms with Gasteiger partial charge in [-0.1, -0.05) is 0 Å². The number of benzene rings is 1. The topological polar surface area (TPSA) is 118 Å². The number of halogens is 3. The summed E-state index contributed by atoms with van der Waals surface area (Å²) in [4.78, 5) is 40.0. The molecule has 2 aromatic heterocycles. The van der Waals surface area contributed by atoms with E-state index in [1.165, 1.54) is 6.33 Å². The number of fused-ring (bicyclic) bond motifs is 1. The van der Waals surface area contributed by atoms with Crippen molar-refractivity contribution in [2.45, 2.75) is 44.0 Å². The number of imide groups is 1. The summed E-state index contributed by atoms with van der Waals surface area (Å²) < 4.78 is 50.8. The van der Waals surface area contributed by atoms with E-state index in [2.05, 4.69) is 15.0 Å². The van der Waals surface area contributed by atoms with Crippen molar-refractivity contribution in [1.29, 1.82) is 0 Å². The number of carbonyl (C=O) groups is 2. The molecule has 2 fully saturated rings. The van der Waals surface area contributed by atoms with Gasteiger partial charge in [-0.2, -0.15) is 13.2 Å². The molecule has 3 amide bonds. The lowest BCUT2D eigenvalue weighted by Gasteiger charge is -2.33. The first kappa shape index (κ1) is 25.6. The molecule has 1 saturated heterocycles. The Kier molecular flexibility index (Phi) is 7.02. The van der Waals surface area contributed by atoms with E-state index in [0.29, 0.717) is 54.4 Å². The predicted molar refractivity (Wildman–Crippen MR) is 128 cm³/mol. The van der Waals surface area contributed by atoms with Gasteiger partial charge in [0.05, 0.1) is 35.0 Å². The third-order valence-electron chi connectivity index (χ3n) is 6.58. The molecule has 3 heterocycles. The minimum absolute atomic E-state index is 0.0711. The van der Waals surface area contributed by atoms with E-state index >= 15 is 0 Å². The molecule has 38 heavy (non-hydrogen) atoms. The molecule has 1 aliphatic heterocycles. The second-order valence-corrected chi connectivity index (χ2v) is 9.04. The van der Waals surface area contributed by atoms with Gasteiger partial charge >= 0.3 is 12.2 Å². The number of aromatic nitrogens is 3. The Bertz CT molecular complexity index is 1350. The van der Waals surface area contributed by atoms with Crippen LogP contribution in [0.25, 0.3) is 10.9 Å². The van der Waals surface area contributed by atoms with Gasteiger partial charge in [-0.15, -0.1) is 0 Å². The van der Waals surface area contributed by atoms with Gasteiger partial charge in [0.1, 0.15) is 31.3 Å². The van der Waals surface area contributed by atoms with Crippen molar-refractivity contribution in [3.8, 4) is 11.6 Å². The number of urea groups is 1. The maximum Gasteiger partial charge on any atom is 0.417 e. The van der Waals surface area contributed by atoms with E-state index in [9.17, 15) is 22.8 Å². The number of alkyl halides is 3. The molecule has 3 aromatic rings. The van der Waals surface area contributed by atoms with Crippen LogP contribution in [0.5, 0.6) is 11.6 Å². The van der Waals surface area contributed by atoms with Crippen LogP contribution in [-0.4, -0.2) is 68.8 Å². The summed E-state index contributed by atoms with van der Waals surface area (Å²) in [6.07, 6.45) is 0.463. The predicted octanol–water partition coefficient (Wildman–Crippen LogP) is 3.57. The Morgan fingerprint density at radius 1 is 1.05 bits per heavy atom. The molecule has 0 unspecified atom stereocenters. The normalized spacial score (nSPS) is 20.3. The molecule has 1 N–H and O–H groups in total. The number of hydrogen-bond donors (Lipinski definition) is 1. The summed E-state index contributed by atoms with van der Waals surface area (Å²) >= 11 is 0. The third kappa shape index (κ3) is 5.19. The highest BCUT2D eigenvalue weighted by atomic mass is 19.4. The van der Waals surface area contributed by atoms with Gasteiger partial charge in [-0.05, 0) is 43.9 Å². The monoisotopic (exact) mass is 531 g/mol. The first-order valence-electron chi connectivity index (χ1n) is 12.1. The molecule has 0 radical (unpaired) electrons. The smallest absolute Gasteiger partial charge is 0.417 e. The lowest BCUT2D eigenvalue weighted by atomic mass is 9.92. The maximum absolute atomic E-state index is 13.1. The molecule has 200 valence electrons. The summed E-state index contributed by atoms with van der Waals surface area (Å²) in [5.41, 5.74) is -0.438. The lowest BCUT2D eigenvalue weighted by molar-refractivity contribution is -0.137. The minimum Gasteiger partial charge on any atom is -0.491 e. The minimum atomic E-state index is -4.61. The Morgan fingerprint density at radius 3 is 2.58 bits per heavy atom. The molecule has 1 aromatic carbocycles. The molecule has 1 saturated carbocycles. The Balaban J connectivity index is 1.23. The Morgan fingerprint density at radius 2 is 1.84 bits per heavy atom. The van der Waals surface area contributed by atoms with Crippen molar-refractivity contribution in [1.82, 2.24) is 19.9 Å². The van der Waals surface area contributed by atoms with E-state index in [1.807, 2.05) is 0 Å². The van der Waals surface area contributed by atoms with Crippen molar-refractivity contribution >= 4 is 28.5 Å². The summed E-state index contributed by atoms with van der Waals surface area (Å²) in [6, 6.07) is 5.03. The van der Waals surface area contributed by atoms with Crippen LogP contribution >= 0.6 is 0 Å². The first-order chi connectivity index (χ1) is 18.2. The number of ether oxygens (including phenoxy) is 2. The number of anilines is 1. The van der Waals surface area contributed by atoms with Crippen LogP contribution in [0.1, 0.15) is 31.2 Å². The van der Waals surface area contributed by atoms with Gasteiger partial charge in [0.2, 0.25) is 5.88 Å². The van der Waals surface area contributed by atoms with Gasteiger partial charge in [-0.25, -0.2) is 14.8 Å². The van der Waals surface area contributed by atoms with Crippen LogP contribution in [0.4, 0.5) is 23.7 Å². The highest BCUT2D eigenvalue weighted by Gasteiger charge is 2.43. The Labute approximate surface area is 215 Å². The van der Waals surface area contributed by atoms with E-state index in [4.69, 9.17) is 14.6 Å². The molecule has 10 nitrogen and oxygen atoms in total. The summed E-state index contributed by atoms with van der Waals surface area (Å²) in [5, 5.41) is 9.63. The fourth-order valence-corrected chi connectivity index (χ4v) is 4.75. The quantitative estimate of drug-likeness (QED) is 0.460. The largest absolute Gasteiger partial charge is 0.491 e. The van der Waals surface area contributed by atoms with Crippen LogP contribution in [-0.2, 0) is 11.0 Å². The van der Waals surface area contributed by atoms with Gasteiger partial charge in [0.15, 0.2) is 0 Å². The van der Waals surface area contributed by atoms with Gasteiger partial charge in [-0.3, -0.25) is 19.6 Å². The number of carbonyl (C=O) groups excluding carboxylic acids is 2. The SMILES string of the molecule is O=C1CN(c2cncc(C(F)(F)F)c2)C(=O)N1[C@H]1CC[C@H](Oc2ncnc3cc(OCCO)ccc23)CC1. The number of nitrogens with zero attached hydrogens (tertiary/aromatic N) is 5. The lowest BCUT2D eigenvalue weighted by Crippen LogP contribution is -2.44. The molecule has 5 rings (SSSR count). The van der Waals surface area contributed by atoms with Crippen molar-refractivity contribution in [2.75, 3.05) is 24.7 Å². The standard InChI is InChI=1S/C25H24F3N5O5/c26-25(27,28)15-9-17(12-29-11-15)32-13-22(35)33(24(32)36)16-1-3-18(4-2-16)38-23-20-6-5-19(37-8-7-34)10-21(20)30-14-31-23/h5-6,9-12,14,16,18,34H,1-4,7-8,13H2/t16-,18-. The Hall–Kier alpha value is -4.00. The highest BCUT2D eigenvalue weighted by Crippen LogP contribution is 2.34. The zero-order chi connectivity index (χ0) is 26.9. The number of amides is 3. The summed E-state index contributed by atoms with van der Waals surface area (Å²) in [6.45, 7) is -0.275. The molecule has 0 atom stereocenters. The fraction of sp³-hybridized carbons (Fsp3) is 0.400. The highest BCUT2D eigenvalue weighted by molar-refractivity contribution is 6.12. The number of pyridine rings is 1. The van der Waals surface area contributed by atoms with Crippen molar-refractivity contribution in [2.24, 2.45) is 0 Å². The number of aliphatic hydroxyl groups is 1. The molecular weight excluding hydrogens is 507 g/mol. The third-order valence-corrected chi connectivity index (χ3v) is 6.58. The second kappa shape index (κ2) is 10.4. The zero-order valence-corrected chi connectivity index (χ0v) is 20.1. The summed E-state index contributed by atoms with van der Waals surface area (Å²) in [7, 11) is 0. The van der Waals surface area contributed by atoms with Crippen molar-refractivity contribution in [3.05, 3.63) is 48.5 Å². The molecule has 13 heteroatoms. The van der Waals surface area contributed by atoms with Crippen molar-refractivity contribution in [3.63, 3.8) is 0 Å². The van der Waals surface area contributed by atoms with Crippen molar-refractivity contribution < 1.29 is 37.3 Å².